The predicted molar refractivity (Wildman–Crippen MR) is 70.3 cm³/mol. The SMILES string of the molecule is Nc1ccc2c(c1)N(CC1CNC1)C(=O)CS2. The molecule has 90 valence electrons. The molecule has 4 nitrogen and oxygen atoms in total. The quantitative estimate of drug-likeness (QED) is 0.766. The van der Waals surface area contributed by atoms with Gasteiger partial charge in [-0.2, -0.15) is 0 Å². The Labute approximate surface area is 105 Å². The Bertz CT molecular complexity index is 459. The molecule has 0 aliphatic carbocycles. The highest BCUT2D eigenvalue weighted by Gasteiger charge is 2.29. The summed E-state index contributed by atoms with van der Waals surface area (Å²) < 4.78 is 0. The highest BCUT2D eigenvalue weighted by atomic mass is 32.2. The molecule has 2 heterocycles. The van der Waals surface area contributed by atoms with Crippen molar-refractivity contribution in [2.24, 2.45) is 5.92 Å². The van der Waals surface area contributed by atoms with Crippen LogP contribution in [-0.2, 0) is 4.79 Å². The second-order valence-electron chi connectivity index (χ2n) is 4.54. The number of hydrogen-bond acceptors (Lipinski definition) is 4. The van der Waals surface area contributed by atoms with Gasteiger partial charge in [0, 0.05) is 36.1 Å². The van der Waals surface area contributed by atoms with Crippen LogP contribution in [0.25, 0.3) is 0 Å². The summed E-state index contributed by atoms with van der Waals surface area (Å²) in [5.41, 5.74) is 7.51. The lowest BCUT2D eigenvalue weighted by atomic mass is 10.0. The molecule has 3 N–H and O–H groups in total. The van der Waals surface area contributed by atoms with E-state index in [0.717, 1.165) is 35.9 Å². The fourth-order valence-electron chi connectivity index (χ4n) is 2.16. The summed E-state index contributed by atoms with van der Waals surface area (Å²) in [4.78, 5) is 15.0. The molecule has 0 saturated carbocycles. The first-order valence-electron chi connectivity index (χ1n) is 5.77. The standard InChI is InChI=1S/C12H15N3OS/c13-9-1-2-11-10(3-9)15(12(16)7-17-11)6-8-4-14-5-8/h1-3,8,14H,4-7,13H2. The van der Waals surface area contributed by atoms with E-state index < -0.39 is 0 Å². The molecule has 0 spiro atoms. The highest BCUT2D eigenvalue weighted by Crippen LogP contribution is 2.37. The van der Waals surface area contributed by atoms with Gasteiger partial charge in [-0.15, -0.1) is 11.8 Å². The maximum absolute atomic E-state index is 12.0. The molecule has 2 aliphatic heterocycles. The van der Waals surface area contributed by atoms with Crippen molar-refractivity contribution in [2.45, 2.75) is 4.90 Å². The molecule has 1 aromatic carbocycles. The van der Waals surface area contributed by atoms with Crippen molar-refractivity contribution in [1.82, 2.24) is 5.32 Å². The summed E-state index contributed by atoms with van der Waals surface area (Å²) in [6.07, 6.45) is 0. The Morgan fingerprint density at radius 3 is 3.00 bits per heavy atom. The van der Waals surface area contributed by atoms with Gasteiger partial charge in [-0.05, 0) is 18.2 Å². The predicted octanol–water partition coefficient (Wildman–Crippen LogP) is 0.927. The van der Waals surface area contributed by atoms with Crippen molar-refractivity contribution in [3.63, 3.8) is 0 Å². The number of nitrogen functional groups attached to an aromatic ring is 1. The van der Waals surface area contributed by atoms with Crippen molar-refractivity contribution < 1.29 is 4.79 Å². The van der Waals surface area contributed by atoms with Crippen LogP contribution in [0.4, 0.5) is 11.4 Å². The van der Waals surface area contributed by atoms with Crippen molar-refractivity contribution in [3.8, 4) is 0 Å². The van der Waals surface area contributed by atoms with Crippen molar-refractivity contribution in [1.29, 1.82) is 0 Å². The molecule has 3 rings (SSSR count). The van der Waals surface area contributed by atoms with E-state index in [4.69, 9.17) is 5.73 Å². The lowest BCUT2D eigenvalue weighted by Crippen LogP contribution is -2.50. The molecular formula is C12H15N3OS. The summed E-state index contributed by atoms with van der Waals surface area (Å²) in [5.74, 6) is 1.31. The molecular weight excluding hydrogens is 234 g/mol. The van der Waals surface area contributed by atoms with E-state index in [9.17, 15) is 4.79 Å². The van der Waals surface area contributed by atoms with Gasteiger partial charge in [0.2, 0.25) is 5.91 Å². The van der Waals surface area contributed by atoms with Gasteiger partial charge in [0.15, 0.2) is 0 Å². The number of nitrogens with zero attached hydrogens (tertiary/aromatic N) is 1. The van der Waals surface area contributed by atoms with Crippen LogP contribution in [0, 0.1) is 5.92 Å². The topological polar surface area (TPSA) is 58.4 Å². The molecule has 2 aliphatic rings. The number of carbonyl (C=O) groups is 1. The lowest BCUT2D eigenvalue weighted by molar-refractivity contribution is -0.116. The molecule has 0 aromatic heterocycles. The minimum absolute atomic E-state index is 0.194. The average molecular weight is 249 g/mol. The van der Waals surface area contributed by atoms with E-state index in [1.165, 1.54) is 0 Å². The fraction of sp³-hybridized carbons (Fsp3) is 0.417. The van der Waals surface area contributed by atoms with E-state index >= 15 is 0 Å². The number of anilines is 2. The van der Waals surface area contributed by atoms with Crippen LogP contribution in [0.15, 0.2) is 23.1 Å². The maximum atomic E-state index is 12.0. The molecule has 0 atom stereocenters. The number of amides is 1. The van der Waals surface area contributed by atoms with Gasteiger partial charge >= 0.3 is 0 Å². The summed E-state index contributed by atoms with van der Waals surface area (Å²) in [6, 6.07) is 5.81. The Hall–Kier alpha value is -1.20. The zero-order valence-electron chi connectivity index (χ0n) is 9.48. The number of fused-ring (bicyclic) bond motifs is 1. The zero-order valence-corrected chi connectivity index (χ0v) is 10.3. The summed E-state index contributed by atoms with van der Waals surface area (Å²) in [6.45, 7) is 2.83. The normalized spacial score (nSPS) is 20.0. The first kappa shape index (κ1) is 10.9. The van der Waals surface area contributed by atoms with Crippen LogP contribution in [0.2, 0.25) is 0 Å². The fourth-order valence-corrected chi connectivity index (χ4v) is 3.07. The number of hydrogen-bond donors (Lipinski definition) is 2. The van der Waals surface area contributed by atoms with Gasteiger partial charge in [-0.1, -0.05) is 0 Å². The third-order valence-corrected chi connectivity index (χ3v) is 4.28. The Balaban J connectivity index is 1.90. The van der Waals surface area contributed by atoms with Crippen LogP contribution >= 0.6 is 11.8 Å². The minimum atomic E-state index is 0.194. The van der Waals surface area contributed by atoms with Gasteiger partial charge in [-0.3, -0.25) is 4.79 Å². The monoisotopic (exact) mass is 249 g/mol. The van der Waals surface area contributed by atoms with Gasteiger partial charge in [-0.25, -0.2) is 0 Å². The maximum Gasteiger partial charge on any atom is 0.237 e. The average Bonchev–Trinajstić information content (AvgIpc) is 2.25. The molecule has 1 amide bonds. The van der Waals surface area contributed by atoms with E-state index in [2.05, 4.69) is 5.32 Å². The summed E-state index contributed by atoms with van der Waals surface area (Å²) >= 11 is 1.60. The number of benzene rings is 1. The number of nitrogens with one attached hydrogen (secondary N) is 1. The lowest BCUT2D eigenvalue weighted by Gasteiger charge is -2.36. The molecule has 1 saturated heterocycles. The Morgan fingerprint density at radius 1 is 1.47 bits per heavy atom. The second-order valence-corrected chi connectivity index (χ2v) is 5.56. The number of rotatable bonds is 2. The van der Waals surface area contributed by atoms with Crippen molar-refractivity contribution >= 4 is 29.0 Å². The van der Waals surface area contributed by atoms with Crippen LogP contribution in [0.3, 0.4) is 0 Å². The first-order chi connectivity index (χ1) is 8.24. The first-order valence-corrected chi connectivity index (χ1v) is 6.76. The van der Waals surface area contributed by atoms with E-state index in [1.807, 2.05) is 23.1 Å². The Kier molecular flexibility index (Phi) is 2.72. The van der Waals surface area contributed by atoms with Gasteiger partial charge in [0.1, 0.15) is 0 Å². The molecule has 5 heteroatoms. The molecule has 0 bridgehead atoms. The summed E-state index contributed by atoms with van der Waals surface area (Å²) in [7, 11) is 0. The Morgan fingerprint density at radius 2 is 2.29 bits per heavy atom. The third-order valence-electron chi connectivity index (χ3n) is 3.23. The van der Waals surface area contributed by atoms with E-state index in [1.54, 1.807) is 11.8 Å². The van der Waals surface area contributed by atoms with Gasteiger partial charge in [0.25, 0.3) is 0 Å². The molecule has 0 radical (unpaired) electrons. The third kappa shape index (κ3) is 2.00. The van der Waals surface area contributed by atoms with Crippen LogP contribution in [0.1, 0.15) is 0 Å². The van der Waals surface area contributed by atoms with Gasteiger partial charge < -0.3 is 16.0 Å². The number of carbonyl (C=O) groups excluding carboxylic acids is 1. The number of nitrogens with two attached hydrogens (primary N) is 1. The van der Waals surface area contributed by atoms with Crippen LogP contribution in [0.5, 0.6) is 0 Å². The minimum Gasteiger partial charge on any atom is -0.399 e. The second kappa shape index (κ2) is 4.23. The largest absolute Gasteiger partial charge is 0.399 e. The smallest absolute Gasteiger partial charge is 0.237 e. The van der Waals surface area contributed by atoms with Crippen molar-refractivity contribution in [2.75, 3.05) is 36.0 Å². The number of thioether (sulfide) groups is 1. The van der Waals surface area contributed by atoms with Gasteiger partial charge in [0.05, 0.1) is 11.4 Å². The molecule has 17 heavy (non-hydrogen) atoms. The van der Waals surface area contributed by atoms with E-state index in [-0.39, 0.29) is 5.91 Å². The molecule has 1 fully saturated rings. The molecule has 0 unspecified atom stereocenters. The van der Waals surface area contributed by atoms with E-state index in [0.29, 0.717) is 11.7 Å². The van der Waals surface area contributed by atoms with Crippen molar-refractivity contribution in [3.05, 3.63) is 18.2 Å². The van der Waals surface area contributed by atoms with Crippen LogP contribution in [-0.4, -0.2) is 31.3 Å². The van der Waals surface area contributed by atoms with Crippen LogP contribution < -0.4 is 16.0 Å². The zero-order chi connectivity index (χ0) is 11.8. The molecule has 1 aromatic rings. The summed E-state index contributed by atoms with van der Waals surface area (Å²) in [5, 5.41) is 3.23. The highest BCUT2D eigenvalue weighted by molar-refractivity contribution is 8.00.